The number of H-pyrrole nitrogens is 1. The predicted octanol–water partition coefficient (Wildman–Crippen LogP) is 1.66. The fourth-order valence-electron chi connectivity index (χ4n) is 4.19. The van der Waals surface area contributed by atoms with Gasteiger partial charge >= 0.3 is 0 Å². The van der Waals surface area contributed by atoms with Gasteiger partial charge in [0.25, 0.3) is 0 Å². The smallest absolute Gasteiger partial charge is 0.229 e. The average Bonchev–Trinajstić information content (AvgIpc) is 3.37. The molecule has 0 aliphatic carbocycles. The van der Waals surface area contributed by atoms with Crippen molar-refractivity contribution in [1.82, 2.24) is 20.1 Å². The summed E-state index contributed by atoms with van der Waals surface area (Å²) in [6.07, 6.45) is 2.02. The maximum absolute atomic E-state index is 13.1. The van der Waals surface area contributed by atoms with Crippen LogP contribution in [0, 0.1) is 5.92 Å². The number of aromatic nitrogens is 3. The number of hydrogen-bond donors (Lipinski definition) is 1. The van der Waals surface area contributed by atoms with Crippen LogP contribution in [0.25, 0.3) is 10.9 Å². The van der Waals surface area contributed by atoms with Gasteiger partial charge in [-0.25, -0.2) is 4.98 Å². The largest absolute Gasteiger partial charge is 0.353 e. The van der Waals surface area contributed by atoms with E-state index in [1.807, 2.05) is 47.4 Å². The molecule has 2 aliphatic rings. The van der Waals surface area contributed by atoms with Gasteiger partial charge in [-0.3, -0.25) is 19.6 Å². The lowest BCUT2D eigenvalue weighted by Gasteiger charge is -2.36. The number of carbonyl (C=O) groups is 2. The molecule has 2 amide bonds. The molecule has 0 radical (unpaired) electrons. The first kappa shape index (κ1) is 17.7. The highest BCUT2D eigenvalue weighted by molar-refractivity contribution is 6.05. The SMILES string of the molecule is O=C([C@H]1CC(=O)N(c2n[nH]c3ccccc23)C1)N1CCN(c2ccccn2)CC1. The van der Waals surface area contributed by atoms with Gasteiger partial charge in [0.15, 0.2) is 5.82 Å². The molecular weight excluding hydrogens is 368 g/mol. The minimum absolute atomic E-state index is 0.0484. The standard InChI is InChI=1S/C21H22N6O2/c28-19-13-15(14-27(19)20-16-5-1-2-6-17(16)23-24-20)21(29)26-11-9-25(10-12-26)18-7-3-4-8-22-18/h1-8,15H,9-14H2,(H,23,24)/t15-/m0/s1. The number of nitrogens with one attached hydrogen (secondary N) is 1. The van der Waals surface area contributed by atoms with Gasteiger partial charge in [-0.1, -0.05) is 18.2 Å². The molecule has 0 saturated carbocycles. The van der Waals surface area contributed by atoms with Crippen molar-refractivity contribution in [2.75, 3.05) is 42.5 Å². The first-order valence-electron chi connectivity index (χ1n) is 9.89. The maximum Gasteiger partial charge on any atom is 0.229 e. The van der Waals surface area contributed by atoms with Crippen LogP contribution in [0.2, 0.25) is 0 Å². The summed E-state index contributed by atoms with van der Waals surface area (Å²) in [5.74, 6) is 1.24. The van der Waals surface area contributed by atoms with E-state index in [1.165, 1.54) is 0 Å². The molecule has 1 N–H and O–H groups in total. The fraction of sp³-hybridized carbons (Fsp3) is 0.333. The number of fused-ring (bicyclic) bond motifs is 1. The van der Waals surface area contributed by atoms with Crippen LogP contribution >= 0.6 is 0 Å². The number of benzene rings is 1. The van der Waals surface area contributed by atoms with Gasteiger partial charge in [-0.05, 0) is 24.3 Å². The van der Waals surface area contributed by atoms with Crippen LogP contribution in [0.4, 0.5) is 11.6 Å². The number of amides is 2. The third-order valence-electron chi connectivity index (χ3n) is 5.74. The molecule has 8 heteroatoms. The van der Waals surface area contributed by atoms with Crippen molar-refractivity contribution in [3.8, 4) is 0 Å². The number of hydrogen-bond acceptors (Lipinski definition) is 5. The van der Waals surface area contributed by atoms with Gasteiger partial charge in [0.05, 0.1) is 11.4 Å². The van der Waals surface area contributed by atoms with E-state index in [4.69, 9.17) is 0 Å². The number of aromatic amines is 1. The topological polar surface area (TPSA) is 85.4 Å². The minimum Gasteiger partial charge on any atom is -0.353 e. The zero-order chi connectivity index (χ0) is 19.8. The van der Waals surface area contributed by atoms with Gasteiger partial charge in [-0.15, -0.1) is 0 Å². The molecule has 3 aromatic rings. The average molecular weight is 390 g/mol. The van der Waals surface area contributed by atoms with Gasteiger partial charge in [-0.2, -0.15) is 5.10 Å². The Labute approximate surface area is 168 Å². The van der Waals surface area contributed by atoms with E-state index in [-0.39, 0.29) is 24.2 Å². The number of rotatable bonds is 3. The lowest BCUT2D eigenvalue weighted by atomic mass is 10.1. The Bertz CT molecular complexity index is 1040. The lowest BCUT2D eigenvalue weighted by Crippen LogP contribution is -2.51. The number of carbonyl (C=O) groups excluding carboxylic acids is 2. The van der Waals surface area contributed by atoms with Gasteiger partial charge < -0.3 is 9.80 Å². The molecule has 29 heavy (non-hydrogen) atoms. The first-order chi connectivity index (χ1) is 14.2. The van der Waals surface area contributed by atoms with Crippen LogP contribution in [0.1, 0.15) is 6.42 Å². The van der Waals surface area contributed by atoms with E-state index in [1.54, 1.807) is 11.1 Å². The highest BCUT2D eigenvalue weighted by Gasteiger charge is 2.39. The van der Waals surface area contributed by atoms with Crippen molar-refractivity contribution in [2.45, 2.75) is 6.42 Å². The molecule has 2 aromatic heterocycles. The van der Waals surface area contributed by atoms with E-state index in [0.29, 0.717) is 25.5 Å². The van der Waals surface area contributed by atoms with Crippen LogP contribution < -0.4 is 9.80 Å². The Hall–Kier alpha value is -3.42. The number of nitrogens with zero attached hydrogens (tertiary/aromatic N) is 5. The zero-order valence-electron chi connectivity index (χ0n) is 16.0. The summed E-state index contributed by atoms with van der Waals surface area (Å²) in [7, 11) is 0. The van der Waals surface area contributed by atoms with E-state index in [2.05, 4.69) is 20.1 Å². The van der Waals surface area contributed by atoms with E-state index < -0.39 is 0 Å². The Morgan fingerprint density at radius 3 is 2.62 bits per heavy atom. The Balaban J connectivity index is 1.25. The molecule has 0 spiro atoms. The summed E-state index contributed by atoms with van der Waals surface area (Å²) in [6, 6.07) is 13.6. The zero-order valence-corrected chi connectivity index (χ0v) is 16.0. The molecule has 0 unspecified atom stereocenters. The second kappa shape index (κ2) is 7.20. The summed E-state index contributed by atoms with van der Waals surface area (Å²) >= 11 is 0. The highest BCUT2D eigenvalue weighted by Crippen LogP contribution is 2.30. The van der Waals surface area contributed by atoms with E-state index in [0.717, 1.165) is 29.8 Å². The van der Waals surface area contributed by atoms with Crippen molar-refractivity contribution in [1.29, 1.82) is 0 Å². The molecular formula is C21H22N6O2. The van der Waals surface area contributed by atoms with Crippen LogP contribution in [0.15, 0.2) is 48.7 Å². The third-order valence-corrected chi connectivity index (χ3v) is 5.74. The molecule has 2 fully saturated rings. The van der Waals surface area contributed by atoms with E-state index >= 15 is 0 Å². The normalized spacial score (nSPS) is 19.9. The fourth-order valence-corrected chi connectivity index (χ4v) is 4.19. The van der Waals surface area contributed by atoms with Gasteiger partial charge in [0, 0.05) is 50.7 Å². The molecule has 2 saturated heterocycles. The maximum atomic E-state index is 13.1. The molecule has 1 atom stereocenters. The van der Waals surface area contributed by atoms with Crippen molar-refractivity contribution in [3.05, 3.63) is 48.7 Å². The molecule has 0 bridgehead atoms. The monoisotopic (exact) mass is 390 g/mol. The van der Waals surface area contributed by atoms with Gasteiger partial charge in [0.1, 0.15) is 5.82 Å². The Morgan fingerprint density at radius 1 is 1.03 bits per heavy atom. The quantitative estimate of drug-likeness (QED) is 0.735. The van der Waals surface area contributed by atoms with Crippen molar-refractivity contribution in [2.24, 2.45) is 5.92 Å². The van der Waals surface area contributed by atoms with Crippen molar-refractivity contribution in [3.63, 3.8) is 0 Å². The van der Waals surface area contributed by atoms with E-state index in [9.17, 15) is 9.59 Å². The summed E-state index contributed by atoms with van der Waals surface area (Å²) in [5, 5.41) is 8.18. The van der Waals surface area contributed by atoms with Crippen molar-refractivity contribution >= 4 is 34.4 Å². The summed E-state index contributed by atoms with van der Waals surface area (Å²) < 4.78 is 0. The number of anilines is 2. The predicted molar refractivity (Wildman–Crippen MR) is 110 cm³/mol. The second-order valence-corrected chi connectivity index (χ2v) is 7.50. The van der Waals surface area contributed by atoms with Crippen LogP contribution in [0.3, 0.4) is 0 Å². The first-order valence-corrected chi connectivity index (χ1v) is 9.89. The Kier molecular flexibility index (Phi) is 4.38. The summed E-state index contributed by atoms with van der Waals surface area (Å²) in [5.41, 5.74) is 0.885. The van der Waals surface area contributed by atoms with Crippen LogP contribution in [-0.2, 0) is 9.59 Å². The molecule has 5 rings (SSSR count). The lowest BCUT2D eigenvalue weighted by molar-refractivity contribution is -0.136. The Morgan fingerprint density at radius 2 is 1.83 bits per heavy atom. The number of piperazine rings is 1. The van der Waals surface area contributed by atoms with Gasteiger partial charge in [0.2, 0.25) is 11.8 Å². The minimum atomic E-state index is -0.320. The molecule has 2 aliphatic heterocycles. The third kappa shape index (κ3) is 3.20. The van der Waals surface area contributed by atoms with Crippen LogP contribution in [-0.4, -0.2) is 64.6 Å². The summed E-state index contributed by atoms with van der Waals surface area (Å²) in [6.45, 7) is 3.16. The highest BCUT2D eigenvalue weighted by atomic mass is 16.2. The van der Waals surface area contributed by atoms with Crippen molar-refractivity contribution < 1.29 is 9.59 Å². The molecule has 4 heterocycles. The molecule has 148 valence electrons. The summed E-state index contributed by atoms with van der Waals surface area (Å²) in [4.78, 5) is 35.8. The second-order valence-electron chi connectivity index (χ2n) is 7.50. The van der Waals surface area contributed by atoms with Crippen LogP contribution in [0.5, 0.6) is 0 Å². The molecule has 8 nitrogen and oxygen atoms in total. The number of pyridine rings is 1. The molecule has 1 aromatic carbocycles. The number of para-hydroxylation sites is 1.